The van der Waals surface area contributed by atoms with Gasteiger partial charge in [0.2, 0.25) is 0 Å². The molecule has 0 saturated carbocycles. The topological polar surface area (TPSA) is 64.8 Å². The van der Waals surface area contributed by atoms with Crippen LogP contribution in [0.1, 0.15) is 25.2 Å². The first-order chi connectivity index (χ1) is 12.7. The number of hydrogen-bond donors (Lipinski definition) is 1. The SMILES string of the molecule is CCOC(=O)N1CCN(c2ccc(C=N[n+]3cc[nH]c3CC)cc2)CC1. The van der Waals surface area contributed by atoms with E-state index in [-0.39, 0.29) is 6.09 Å². The highest BCUT2D eigenvalue weighted by atomic mass is 16.6. The van der Waals surface area contributed by atoms with Crippen molar-refractivity contribution in [1.82, 2.24) is 9.88 Å². The molecule has 0 bridgehead atoms. The Bertz CT molecular complexity index is 746. The summed E-state index contributed by atoms with van der Waals surface area (Å²) in [5, 5.41) is 4.49. The molecule has 0 aliphatic carbocycles. The number of anilines is 1. The first-order valence-corrected chi connectivity index (χ1v) is 9.10. The van der Waals surface area contributed by atoms with Crippen LogP contribution in [0.25, 0.3) is 0 Å². The van der Waals surface area contributed by atoms with Gasteiger partial charge < -0.3 is 14.5 Å². The van der Waals surface area contributed by atoms with Gasteiger partial charge in [-0.2, -0.15) is 0 Å². The first kappa shape index (κ1) is 18.0. The Morgan fingerprint density at radius 2 is 1.96 bits per heavy atom. The van der Waals surface area contributed by atoms with Gasteiger partial charge in [0.05, 0.1) is 12.8 Å². The number of aromatic amines is 1. The summed E-state index contributed by atoms with van der Waals surface area (Å²) in [6.45, 7) is 7.34. The average molecular weight is 356 g/mol. The summed E-state index contributed by atoms with van der Waals surface area (Å²) in [5.41, 5.74) is 2.21. The second-order valence-electron chi connectivity index (χ2n) is 6.11. The zero-order valence-corrected chi connectivity index (χ0v) is 15.4. The minimum absolute atomic E-state index is 0.215. The molecule has 0 radical (unpaired) electrons. The summed E-state index contributed by atoms with van der Waals surface area (Å²) in [7, 11) is 0. The van der Waals surface area contributed by atoms with Gasteiger partial charge in [-0.05, 0) is 24.6 Å². The van der Waals surface area contributed by atoms with E-state index < -0.39 is 0 Å². The molecule has 1 N–H and O–H groups in total. The number of carbonyl (C=O) groups is 1. The van der Waals surface area contributed by atoms with Crippen LogP contribution in [0.5, 0.6) is 0 Å². The van der Waals surface area contributed by atoms with Crippen molar-refractivity contribution in [2.24, 2.45) is 5.10 Å². The molecule has 2 heterocycles. The van der Waals surface area contributed by atoms with E-state index in [1.165, 1.54) is 0 Å². The van der Waals surface area contributed by atoms with E-state index in [9.17, 15) is 4.79 Å². The summed E-state index contributed by atoms with van der Waals surface area (Å²) in [6.07, 6.45) is 6.34. The molecule has 0 atom stereocenters. The molecule has 1 aromatic heterocycles. The maximum absolute atomic E-state index is 11.8. The van der Waals surface area contributed by atoms with E-state index >= 15 is 0 Å². The lowest BCUT2D eigenvalue weighted by atomic mass is 10.2. The molecule has 1 aliphatic rings. The summed E-state index contributed by atoms with van der Waals surface area (Å²) in [6, 6.07) is 8.33. The van der Waals surface area contributed by atoms with Crippen LogP contribution in [0.3, 0.4) is 0 Å². The quantitative estimate of drug-likeness (QED) is 0.658. The number of H-pyrrole nitrogens is 1. The van der Waals surface area contributed by atoms with Gasteiger partial charge in [-0.25, -0.2) is 9.78 Å². The number of carbonyl (C=O) groups excluding carboxylic acids is 1. The first-order valence-electron chi connectivity index (χ1n) is 9.10. The molecule has 2 aromatic rings. The Labute approximate surface area is 153 Å². The molecule has 0 unspecified atom stereocenters. The maximum Gasteiger partial charge on any atom is 0.409 e. The minimum atomic E-state index is -0.215. The van der Waals surface area contributed by atoms with Gasteiger partial charge in [-0.3, -0.25) is 0 Å². The Kier molecular flexibility index (Phi) is 5.88. The number of piperazine rings is 1. The monoisotopic (exact) mass is 356 g/mol. The molecular formula is C19H26N5O2+. The Hall–Kier alpha value is -2.83. The van der Waals surface area contributed by atoms with Crippen molar-refractivity contribution in [2.45, 2.75) is 20.3 Å². The lowest BCUT2D eigenvalue weighted by Gasteiger charge is -2.35. The summed E-state index contributed by atoms with van der Waals surface area (Å²) >= 11 is 0. The summed E-state index contributed by atoms with van der Waals surface area (Å²) < 4.78 is 6.91. The number of ether oxygens (including phenoxy) is 1. The predicted octanol–water partition coefficient (Wildman–Crippen LogP) is 2.03. The second kappa shape index (κ2) is 8.51. The number of aromatic nitrogens is 2. The lowest BCUT2D eigenvalue weighted by molar-refractivity contribution is -0.684. The van der Waals surface area contributed by atoms with E-state index in [2.05, 4.69) is 46.2 Å². The standard InChI is InChI=1S/C19H25N5O2/c1-3-18-20-9-10-24(18)21-15-16-5-7-17(8-6-16)22-11-13-23(14-12-22)19(25)26-4-2/h5-10,15H,3-4,11-14H2,1-2H3/p+1. The van der Waals surface area contributed by atoms with Crippen molar-refractivity contribution >= 4 is 18.0 Å². The van der Waals surface area contributed by atoms with Gasteiger partial charge in [-0.15, -0.1) is 4.68 Å². The molecule has 1 aliphatic heterocycles. The van der Waals surface area contributed by atoms with Crippen molar-refractivity contribution in [3.05, 3.63) is 48.0 Å². The molecule has 0 spiro atoms. The highest BCUT2D eigenvalue weighted by Gasteiger charge is 2.21. The van der Waals surface area contributed by atoms with Crippen molar-refractivity contribution in [2.75, 3.05) is 37.7 Å². The molecule has 1 saturated heterocycles. The molecule has 26 heavy (non-hydrogen) atoms. The molecule has 1 amide bonds. The molecule has 7 heteroatoms. The largest absolute Gasteiger partial charge is 0.450 e. The van der Waals surface area contributed by atoms with E-state index in [0.29, 0.717) is 19.7 Å². The van der Waals surface area contributed by atoms with Gasteiger partial charge in [0, 0.05) is 38.3 Å². The maximum atomic E-state index is 11.8. The van der Waals surface area contributed by atoms with Crippen LogP contribution in [0.4, 0.5) is 10.5 Å². The third-order valence-electron chi connectivity index (χ3n) is 4.47. The van der Waals surface area contributed by atoms with Gasteiger partial charge >= 0.3 is 6.09 Å². The van der Waals surface area contributed by atoms with E-state index in [0.717, 1.165) is 36.6 Å². The second-order valence-corrected chi connectivity index (χ2v) is 6.11. The number of aryl methyl sites for hydroxylation is 1. The lowest BCUT2D eigenvalue weighted by Crippen LogP contribution is -2.49. The fourth-order valence-electron chi connectivity index (χ4n) is 2.99. The third-order valence-corrected chi connectivity index (χ3v) is 4.47. The third kappa shape index (κ3) is 4.22. The highest BCUT2D eigenvalue weighted by Crippen LogP contribution is 2.17. The molecule has 1 aromatic carbocycles. The number of benzene rings is 1. The van der Waals surface area contributed by atoms with Crippen LogP contribution in [0.15, 0.2) is 41.8 Å². The number of rotatable bonds is 5. The number of amides is 1. The van der Waals surface area contributed by atoms with Gasteiger partial charge in [0.25, 0.3) is 5.82 Å². The van der Waals surface area contributed by atoms with Gasteiger partial charge in [0.15, 0.2) is 6.20 Å². The minimum Gasteiger partial charge on any atom is -0.450 e. The number of nitrogens with one attached hydrogen (secondary N) is 1. The average Bonchev–Trinajstić information content (AvgIpc) is 3.15. The van der Waals surface area contributed by atoms with Crippen LogP contribution in [-0.4, -0.2) is 55.0 Å². The van der Waals surface area contributed by atoms with Crippen molar-refractivity contribution in [3.63, 3.8) is 0 Å². The van der Waals surface area contributed by atoms with Crippen LogP contribution >= 0.6 is 0 Å². The molecular weight excluding hydrogens is 330 g/mol. The summed E-state index contributed by atoms with van der Waals surface area (Å²) in [5.74, 6) is 1.07. The van der Waals surface area contributed by atoms with Gasteiger partial charge in [0.1, 0.15) is 6.20 Å². The summed E-state index contributed by atoms with van der Waals surface area (Å²) in [4.78, 5) is 19.0. The number of imidazole rings is 1. The highest BCUT2D eigenvalue weighted by molar-refractivity contribution is 5.79. The zero-order valence-electron chi connectivity index (χ0n) is 15.4. The van der Waals surface area contributed by atoms with E-state index in [1.54, 1.807) is 4.90 Å². The Morgan fingerprint density at radius 1 is 1.23 bits per heavy atom. The van der Waals surface area contributed by atoms with Crippen molar-refractivity contribution in [1.29, 1.82) is 0 Å². The van der Waals surface area contributed by atoms with E-state index in [1.807, 2.05) is 30.2 Å². The van der Waals surface area contributed by atoms with Gasteiger partial charge in [-0.1, -0.05) is 24.2 Å². The zero-order chi connectivity index (χ0) is 18.4. The smallest absolute Gasteiger partial charge is 0.409 e. The fourth-order valence-corrected chi connectivity index (χ4v) is 2.99. The fraction of sp³-hybridized carbons (Fsp3) is 0.421. The Balaban J connectivity index is 1.57. The molecule has 7 nitrogen and oxygen atoms in total. The normalized spacial score (nSPS) is 14.8. The molecule has 3 rings (SSSR count). The Morgan fingerprint density at radius 3 is 2.62 bits per heavy atom. The van der Waals surface area contributed by atoms with Crippen LogP contribution in [-0.2, 0) is 11.2 Å². The van der Waals surface area contributed by atoms with Crippen molar-refractivity contribution in [3.8, 4) is 0 Å². The van der Waals surface area contributed by atoms with Crippen molar-refractivity contribution < 1.29 is 14.2 Å². The van der Waals surface area contributed by atoms with Crippen LogP contribution in [0, 0.1) is 0 Å². The number of hydrogen-bond acceptors (Lipinski definition) is 4. The van der Waals surface area contributed by atoms with Crippen LogP contribution < -0.4 is 9.58 Å². The number of nitrogens with zero attached hydrogens (tertiary/aromatic N) is 4. The molecule has 1 fully saturated rings. The van der Waals surface area contributed by atoms with E-state index in [4.69, 9.17) is 4.74 Å². The van der Waals surface area contributed by atoms with Crippen LogP contribution in [0.2, 0.25) is 0 Å². The predicted molar refractivity (Wildman–Crippen MR) is 101 cm³/mol. The molecule has 138 valence electrons.